The summed E-state index contributed by atoms with van der Waals surface area (Å²) in [6.07, 6.45) is 0. The highest BCUT2D eigenvalue weighted by atomic mass is 32.2. The third-order valence-electron chi connectivity index (χ3n) is 10.9. The number of phenolic OH excluding ortho intramolecular Hbond substituents is 1. The summed E-state index contributed by atoms with van der Waals surface area (Å²) >= 11 is 0. The van der Waals surface area contributed by atoms with E-state index >= 15 is 0 Å². The van der Waals surface area contributed by atoms with Gasteiger partial charge in [0.1, 0.15) is 26.9 Å². The Kier molecular flexibility index (Phi) is 13.4. The lowest BCUT2D eigenvalue weighted by atomic mass is 10.1. The zero-order valence-corrected chi connectivity index (χ0v) is 39.5. The molecule has 8 rings (SSSR count). The van der Waals surface area contributed by atoms with Crippen molar-refractivity contribution in [3.05, 3.63) is 150 Å². The third-order valence-corrected chi connectivity index (χ3v) is 12.7. The molecule has 0 spiro atoms. The smallest absolute Gasteiger partial charge is 0.296 e. The van der Waals surface area contributed by atoms with Crippen LogP contribution in [0.5, 0.6) is 11.5 Å². The van der Waals surface area contributed by atoms with Gasteiger partial charge in [0, 0.05) is 10.8 Å². The van der Waals surface area contributed by atoms with Crippen LogP contribution in [0.4, 0.5) is 62.6 Å². The molecule has 0 saturated carbocycles. The zero-order chi connectivity index (χ0) is 49.9. The van der Waals surface area contributed by atoms with Crippen molar-refractivity contribution in [3.8, 4) is 11.5 Å². The van der Waals surface area contributed by atoms with E-state index in [4.69, 9.17) is 10.5 Å². The largest absolute Gasteiger partial charge is 0.505 e. The molecule has 0 aromatic heterocycles. The molecule has 70 heavy (non-hydrogen) atoms. The highest BCUT2D eigenvalue weighted by molar-refractivity contribution is 7.86. The van der Waals surface area contributed by atoms with Gasteiger partial charge in [0.25, 0.3) is 20.2 Å². The van der Waals surface area contributed by atoms with Crippen LogP contribution in [-0.4, -0.2) is 38.2 Å². The number of benzene rings is 8. The molecule has 5 N–H and O–H groups in total. The van der Waals surface area contributed by atoms with Crippen LogP contribution in [0.2, 0.25) is 0 Å². The summed E-state index contributed by atoms with van der Waals surface area (Å²) in [7, 11) is -7.93. The quantitative estimate of drug-likeness (QED) is 0.0484. The Balaban J connectivity index is 0.923. The zero-order valence-electron chi connectivity index (χ0n) is 37.9. The molecular weight excluding hydrogens is 935 g/mol. The van der Waals surface area contributed by atoms with E-state index < -0.39 is 30.0 Å². The highest BCUT2D eigenvalue weighted by Crippen LogP contribution is 2.40. The minimum Gasteiger partial charge on any atom is -0.505 e. The van der Waals surface area contributed by atoms with Crippen LogP contribution < -0.4 is 10.5 Å². The lowest BCUT2D eigenvalue weighted by Crippen LogP contribution is -2.01. The van der Waals surface area contributed by atoms with Crippen LogP contribution in [0.15, 0.2) is 188 Å². The number of nitrogens with zero attached hydrogens (tertiary/aromatic N) is 10. The lowest BCUT2D eigenvalue weighted by Gasteiger charge is -2.08. The molecule has 0 aliphatic carbocycles. The van der Waals surface area contributed by atoms with Crippen LogP contribution in [0.1, 0.15) is 22.3 Å². The van der Waals surface area contributed by atoms with Gasteiger partial charge in [-0.05, 0) is 170 Å². The number of rotatable bonds is 13. The molecule has 0 heterocycles. The lowest BCUT2D eigenvalue weighted by molar-refractivity contribution is 0.417. The van der Waals surface area contributed by atoms with Crippen LogP contribution in [0, 0.1) is 27.7 Å². The normalized spacial score (nSPS) is 12.6. The number of aryl methyl sites for hydroxylation is 4. The topological polar surface area (TPSA) is 288 Å². The van der Waals surface area contributed by atoms with E-state index in [9.17, 15) is 31.0 Å². The molecule has 0 amide bonds. The average Bonchev–Trinajstić information content (AvgIpc) is 3.31. The molecule has 352 valence electrons. The van der Waals surface area contributed by atoms with Gasteiger partial charge in [-0.1, -0.05) is 18.2 Å². The molecule has 19 nitrogen and oxygen atoms in total. The van der Waals surface area contributed by atoms with Crippen LogP contribution >= 0.6 is 0 Å². The number of fused-ring (bicyclic) bond motifs is 2. The van der Waals surface area contributed by atoms with Crippen molar-refractivity contribution < 1.29 is 35.8 Å². The monoisotopic (exact) mass is 975 g/mol. The number of azo groups is 5. The van der Waals surface area contributed by atoms with Crippen molar-refractivity contribution >= 4 is 104 Å². The Morgan fingerprint density at radius 3 is 1.47 bits per heavy atom. The van der Waals surface area contributed by atoms with Crippen LogP contribution in [0.3, 0.4) is 0 Å². The van der Waals surface area contributed by atoms with Crippen molar-refractivity contribution in [2.24, 2.45) is 51.1 Å². The number of hydrogen-bond donors (Lipinski definition) is 4. The van der Waals surface area contributed by atoms with Crippen molar-refractivity contribution in [3.63, 3.8) is 0 Å². The fourth-order valence-electron chi connectivity index (χ4n) is 7.17. The summed E-state index contributed by atoms with van der Waals surface area (Å²) in [6.45, 7) is 7.36. The van der Waals surface area contributed by atoms with Crippen LogP contribution in [0.25, 0.3) is 21.5 Å². The summed E-state index contributed by atoms with van der Waals surface area (Å²) in [5.74, 6) is 0.531. The molecule has 0 unspecified atom stereocenters. The number of aromatic hydroxyl groups is 1. The van der Waals surface area contributed by atoms with Crippen molar-refractivity contribution in [1.29, 1.82) is 0 Å². The number of methoxy groups -OCH3 is 1. The maximum Gasteiger partial charge on any atom is 0.296 e. The van der Waals surface area contributed by atoms with E-state index in [0.29, 0.717) is 73.6 Å². The predicted molar refractivity (Wildman–Crippen MR) is 266 cm³/mol. The number of ether oxygens (including phenoxy) is 1. The second-order valence-electron chi connectivity index (χ2n) is 15.9. The molecule has 0 aliphatic rings. The Morgan fingerprint density at radius 2 is 0.886 bits per heavy atom. The summed E-state index contributed by atoms with van der Waals surface area (Å²) in [6, 6.07) is 34.0. The first-order valence-electron chi connectivity index (χ1n) is 21.0. The average molecular weight is 976 g/mol. The van der Waals surface area contributed by atoms with Gasteiger partial charge >= 0.3 is 0 Å². The van der Waals surface area contributed by atoms with E-state index in [-0.39, 0.29) is 22.2 Å². The van der Waals surface area contributed by atoms with Crippen LogP contribution in [-0.2, 0) is 20.2 Å². The molecule has 0 saturated heterocycles. The van der Waals surface area contributed by atoms with Gasteiger partial charge in [-0.25, -0.2) is 0 Å². The van der Waals surface area contributed by atoms with Gasteiger partial charge in [-0.2, -0.15) is 57.7 Å². The van der Waals surface area contributed by atoms with E-state index in [0.717, 1.165) is 40.3 Å². The molecule has 0 radical (unpaired) electrons. The summed E-state index contributed by atoms with van der Waals surface area (Å²) < 4.78 is 73.2. The molecule has 8 aromatic carbocycles. The van der Waals surface area contributed by atoms with Gasteiger partial charge in [0.2, 0.25) is 0 Å². The van der Waals surface area contributed by atoms with Gasteiger partial charge in [-0.15, -0.1) is 10.2 Å². The minimum atomic E-state index is -4.80. The van der Waals surface area contributed by atoms with Crippen molar-refractivity contribution in [2.75, 3.05) is 12.8 Å². The standard InChI is InChI=1S/C49H41N11O8S2/c1-27-19-34(11-16-40(27)55-53-33-12-17-41(28(2)20-33)56-60-45-26-38-31(24-48(45)70(65,66)67)7-6-8-47(38)69(62,63)64)54-58-43-21-30(4)44(22-29(43)3)59-57-42-15-9-32-23-35(10-14-37(32)49(42)61)51-52-36-13-18-46(68-5)39(50)25-36/h6-26,61H,50H2,1-5H3,(H,62,63,64)(H,65,66,67). The first-order chi connectivity index (χ1) is 33.3. The Morgan fingerprint density at radius 1 is 0.429 bits per heavy atom. The van der Waals surface area contributed by atoms with Gasteiger partial charge in [0.15, 0.2) is 5.75 Å². The highest BCUT2D eigenvalue weighted by Gasteiger charge is 2.21. The Labute approximate surface area is 401 Å². The molecular formula is C49H41N11O8S2. The number of nitrogens with two attached hydrogens (primary N) is 1. The molecule has 8 aromatic rings. The number of hydrogen-bond acceptors (Lipinski definition) is 17. The second-order valence-corrected chi connectivity index (χ2v) is 18.7. The summed E-state index contributed by atoms with van der Waals surface area (Å²) in [5, 5.41) is 55.8. The third kappa shape index (κ3) is 10.8. The van der Waals surface area contributed by atoms with Gasteiger partial charge in [0.05, 0.1) is 58.3 Å². The molecule has 0 fully saturated rings. The Bertz CT molecular complexity index is 3800. The summed E-state index contributed by atoms with van der Waals surface area (Å²) in [5.41, 5.74) is 13.7. The molecule has 0 aliphatic heterocycles. The molecule has 21 heteroatoms. The second kappa shape index (κ2) is 19.6. The fraction of sp³-hybridized carbons (Fsp3) is 0.102. The molecule has 0 bridgehead atoms. The van der Waals surface area contributed by atoms with E-state index in [1.165, 1.54) is 12.1 Å². The number of nitrogen functional groups attached to an aromatic ring is 1. The Hall–Kier alpha value is -8.50. The molecule has 0 atom stereocenters. The minimum absolute atomic E-state index is 0.0145. The van der Waals surface area contributed by atoms with E-state index in [2.05, 4.69) is 51.1 Å². The number of phenols is 1. The van der Waals surface area contributed by atoms with E-state index in [1.54, 1.807) is 86.8 Å². The van der Waals surface area contributed by atoms with E-state index in [1.807, 2.05) is 45.0 Å². The predicted octanol–water partition coefficient (Wildman–Crippen LogP) is 15.1. The first kappa shape index (κ1) is 48.0. The SMILES string of the molecule is COc1ccc(N=Nc2ccc3c(O)c(N=Nc4cc(C)c(N=Nc5ccc(N=Nc6ccc(N=Nc7cc8c(S(=O)(=O)O)cccc8cc7S(=O)(=O)O)c(C)c6)c(C)c5)cc4C)ccc3c2)cc1N. The number of anilines is 1. The fourth-order valence-corrected chi connectivity index (χ4v) is 8.52. The van der Waals surface area contributed by atoms with Gasteiger partial charge < -0.3 is 15.6 Å². The maximum absolute atomic E-state index is 12.2. The van der Waals surface area contributed by atoms with Gasteiger partial charge in [-0.3, -0.25) is 9.11 Å². The maximum atomic E-state index is 12.2. The first-order valence-corrected chi connectivity index (χ1v) is 23.8. The van der Waals surface area contributed by atoms with Crippen molar-refractivity contribution in [2.45, 2.75) is 37.5 Å². The van der Waals surface area contributed by atoms with Crippen molar-refractivity contribution in [1.82, 2.24) is 0 Å². The summed E-state index contributed by atoms with van der Waals surface area (Å²) in [4.78, 5) is -1.06.